The molecule has 0 spiro atoms. The molecule has 3 rings (SSSR count). The van der Waals surface area contributed by atoms with E-state index in [-0.39, 0.29) is 17.6 Å². The van der Waals surface area contributed by atoms with E-state index in [4.69, 9.17) is 4.74 Å². The van der Waals surface area contributed by atoms with E-state index in [1.165, 1.54) is 28.8 Å². The number of halogens is 1. The standard InChI is InChI=1S/C24H26FNO3S/c1-2-3-15-29-16-7-14-26-23(27)21(19-10-12-20(25)13-11-19)22(24(26)28)30-17-18-8-5-4-6-9-18/h4-6,8-13H,2-3,7,14-17H2,1H3. The molecule has 0 radical (unpaired) electrons. The number of benzene rings is 2. The topological polar surface area (TPSA) is 46.6 Å². The Balaban J connectivity index is 1.75. The number of ether oxygens (including phenoxy) is 1. The lowest BCUT2D eigenvalue weighted by Crippen LogP contribution is -2.33. The fourth-order valence-corrected chi connectivity index (χ4v) is 4.25. The van der Waals surface area contributed by atoms with Crippen molar-refractivity contribution in [3.8, 4) is 0 Å². The molecular formula is C24H26FNO3S. The summed E-state index contributed by atoms with van der Waals surface area (Å²) in [6.45, 7) is 3.61. The molecule has 0 bridgehead atoms. The highest BCUT2D eigenvalue weighted by Crippen LogP contribution is 2.37. The molecule has 1 heterocycles. The minimum atomic E-state index is -0.379. The van der Waals surface area contributed by atoms with Crippen molar-refractivity contribution in [1.29, 1.82) is 0 Å². The highest BCUT2D eigenvalue weighted by Gasteiger charge is 2.38. The molecule has 0 aliphatic carbocycles. The maximum absolute atomic E-state index is 13.4. The minimum Gasteiger partial charge on any atom is -0.381 e. The zero-order valence-corrected chi connectivity index (χ0v) is 17.9. The van der Waals surface area contributed by atoms with E-state index in [2.05, 4.69) is 6.92 Å². The fourth-order valence-electron chi connectivity index (χ4n) is 3.16. The molecule has 0 N–H and O–H groups in total. The lowest BCUT2D eigenvalue weighted by atomic mass is 10.1. The van der Waals surface area contributed by atoms with Crippen LogP contribution in [0.4, 0.5) is 4.39 Å². The molecule has 1 aliphatic heterocycles. The van der Waals surface area contributed by atoms with Crippen molar-refractivity contribution >= 4 is 29.1 Å². The molecule has 158 valence electrons. The lowest BCUT2D eigenvalue weighted by Gasteiger charge is -2.15. The Morgan fingerprint density at radius 1 is 0.933 bits per heavy atom. The van der Waals surface area contributed by atoms with Crippen LogP contribution >= 0.6 is 11.8 Å². The maximum atomic E-state index is 13.4. The van der Waals surface area contributed by atoms with Gasteiger partial charge in [-0.3, -0.25) is 14.5 Å². The Hall–Kier alpha value is -2.44. The highest BCUT2D eigenvalue weighted by atomic mass is 32.2. The average Bonchev–Trinajstić information content (AvgIpc) is 3.00. The van der Waals surface area contributed by atoms with Crippen LogP contribution in [0.25, 0.3) is 5.57 Å². The predicted octanol–water partition coefficient (Wildman–Crippen LogP) is 5.05. The third-order valence-electron chi connectivity index (χ3n) is 4.80. The number of hydrogen-bond donors (Lipinski definition) is 0. The van der Waals surface area contributed by atoms with Gasteiger partial charge in [0.25, 0.3) is 11.8 Å². The Labute approximate surface area is 181 Å². The number of hydrogen-bond acceptors (Lipinski definition) is 4. The van der Waals surface area contributed by atoms with Crippen molar-refractivity contribution in [2.45, 2.75) is 31.9 Å². The van der Waals surface area contributed by atoms with E-state index in [1.807, 2.05) is 30.3 Å². The minimum absolute atomic E-state index is 0.284. The largest absolute Gasteiger partial charge is 0.381 e. The van der Waals surface area contributed by atoms with Gasteiger partial charge < -0.3 is 4.74 Å². The lowest BCUT2D eigenvalue weighted by molar-refractivity contribution is -0.136. The molecule has 4 nitrogen and oxygen atoms in total. The number of carbonyl (C=O) groups is 2. The average molecular weight is 428 g/mol. The smallest absolute Gasteiger partial charge is 0.267 e. The number of imide groups is 1. The first-order chi connectivity index (χ1) is 14.6. The molecule has 2 aromatic carbocycles. The molecule has 0 atom stereocenters. The van der Waals surface area contributed by atoms with Crippen LogP contribution in [0.5, 0.6) is 0 Å². The second-order valence-corrected chi connectivity index (χ2v) is 8.05. The van der Waals surface area contributed by atoms with E-state index in [0.29, 0.717) is 48.0 Å². The van der Waals surface area contributed by atoms with Gasteiger partial charge in [0.15, 0.2) is 0 Å². The van der Waals surface area contributed by atoms with Gasteiger partial charge in [0, 0.05) is 25.5 Å². The van der Waals surface area contributed by atoms with Gasteiger partial charge in [0.05, 0.1) is 10.5 Å². The van der Waals surface area contributed by atoms with Crippen LogP contribution in [0.2, 0.25) is 0 Å². The molecule has 0 unspecified atom stereocenters. The monoisotopic (exact) mass is 427 g/mol. The summed E-state index contributed by atoms with van der Waals surface area (Å²) < 4.78 is 18.9. The van der Waals surface area contributed by atoms with E-state index >= 15 is 0 Å². The first kappa shape index (κ1) is 22.2. The molecule has 30 heavy (non-hydrogen) atoms. The van der Waals surface area contributed by atoms with Gasteiger partial charge in [0.1, 0.15) is 5.82 Å². The summed E-state index contributed by atoms with van der Waals surface area (Å²) in [5, 5.41) is 0. The normalized spacial score (nSPS) is 14.1. The summed E-state index contributed by atoms with van der Waals surface area (Å²) in [5.41, 5.74) is 1.98. The predicted molar refractivity (Wildman–Crippen MR) is 118 cm³/mol. The Kier molecular flexibility index (Phi) is 8.22. The molecule has 0 saturated carbocycles. The van der Waals surface area contributed by atoms with Crippen molar-refractivity contribution in [2.75, 3.05) is 19.8 Å². The Morgan fingerprint density at radius 3 is 2.33 bits per heavy atom. The van der Waals surface area contributed by atoms with Gasteiger partial charge in [-0.05, 0) is 36.1 Å². The molecule has 0 saturated heterocycles. The number of amides is 2. The summed E-state index contributed by atoms with van der Waals surface area (Å²) in [4.78, 5) is 27.9. The van der Waals surface area contributed by atoms with Gasteiger partial charge in [-0.2, -0.15) is 0 Å². The van der Waals surface area contributed by atoms with Gasteiger partial charge in [-0.25, -0.2) is 4.39 Å². The molecular weight excluding hydrogens is 401 g/mol. The summed E-state index contributed by atoms with van der Waals surface area (Å²) in [6.07, 6.45) is 2.66. The molecule has 6 heteroatoms. The van der Waals surface area contributed by atoms with Crippen molar-refractivity contribution in [3.63, 3.8) is 0 Å². The summed E-state index contributed by atoms with van der Waals surface area (Å²) in [7, 11) is 0. The molecule has 1 aliphatic rings. The number of unbranched alkanes of at least 4 members (excludes halogenated alkanes) is 1. The van der Waals surface area contributed by atoms with Gasteiger partial charge in [0.2, 0.25) is 0 Å². The van der Waals surface area contributed by atoms with Crippen LogP contribution in [-0.2, 0) is 20.1 Å². The summed E-state index contributed by atoms with van der Waals surface area (Å²) in [6, 6.07) is 15.5. The van der Waals surface area contributed by atoms with Gasteiger partial charge in [-0.15, -0.1) is 11.8 Å². The van der Waals surface area contributed by atoms with E-state index < -0.39 is 0 Å². The zero-order valence-electron chi connectivity index (χ0n) is 17.1. The van der Waals surface area contributed by atoms with Crippen LogP contribution in [0.15, 0.2) is 59.5 Å². The van der Waals surface area contributed by atoms with Crippen molar-refractivity contribution in [2.24, 2.45) is 0 Å². The summed E-state index contributed by atoms with van der Waals surface area (Å²) in [5.74, 6) is -0.409. The van der Waals surface area contributed by atoms with Crippen LogP contribution in [-0.4, -0.2) is 36.5 Å². The van der Waals surface area contributed by atoms with Gasteiger partial charge in [-0.1, -0.05) is 55.8 Å². The molecule has 0 aromatic heterocycles. The van der Waals surface area contributed by atoms with E-state index in [0.717, 1.165) is 18.4 Å². The maximum Gasteiger partial charge on any atom is 0.267 e. The van der Waals surface area contributed by atoms with Crippen molar-refractivity contribution in [1.82, 2.24) is 4.90 Å². The summed E-state index contributed by atoms with van der Waals surface area (Å²) >= 11 is 1.35. The fraction of sp³-hybridized carbons (Fsp3) is 0.333. The van der Waals surface area contributed by atoms with Crippen LogP contribution < -0.4 is 0 Å². The number of rotatable bonds is 11. The Morgan fingerprint density at radius 2 is 1.63 bits per heavy atom. The van der Waals surface area contributed by atoms with Crippen LogP contribution in [0.1, 0.15) is 37.3 Å². The molecule has 2 amide bonds. The SMILES string of the molecule is CCCCOCCCN1C(=O)C(SCc2ccccc2)=C(c2ccc(F)cc2)C1=O. The highest BCUT2D eigenvalue weighted by molar-refractivity contribution is 8.03. The quantitative estimate of drug-likeness (QED) is 0.372. The third-order valence-corrected chi connectivity index (χ3v) is 5.94. The number of nitrogens with zero attached hydrogens (tertiary/aromatic N) is 1. The first-order valence-corrected chi connectivity index (χ1v) is 11.2. The van der Waals surface area contributed by atoms with Crippen LogP contribution in [0.3, 0.4) is 0 Å². The third kappa shape index (κ3) is 5.58. The zero-order chi connectivity index (χ0) is 21.3. The van der Waals surface area contributed by atoms with Crippen LogP contribution in [0, 0.1) is 5.82 Å². The molecule has 0 fully saturated rings. The number of thioether (sulfide) groups is 1. The van der Waals surface area contributed by atoms with Crippen molar-refractivity contribution in [3.05, 3.63) is 76.4 Å². The Bertz CT molecular complexity index is 896. The second kappa shape index (κ2) is 11.1. The van der Waals surface area contributed by atoms with E-state index in [1.54, 1.807) is 12.1 Å². The second-order valence-electron chi connectivity index (χ2n) is 7.07. The molecule has 2 aromatic rings. The van der Waals surface area contributed by atoms with Crippen molar-refractivity contribution < 1.29 is 18.7 Å². The number of carbonyl (C=O) groups excluding carboxylic acids is 2. The first-order valence-electron chi connectivity index (χ1n) is 10.2. The van der Waals surface area contributed by atoms with Gasteiger partial charge >= 0.3 is 0 Å². The van der Waals surface area contributed by atoms with E-state index in [9.17, 15) is 14.0 Å².